The quantitative estimate of drug-likeness (QED) is 0.768. The van der Waals surface area contributed by atoms with E-state index in [0.717, 1.165) is 42.4 Å². The van der Waals surface area contributed by atoms with Gasteiger partial charge in [0.1, 0.15) is 11.4 Å². The Bertz CT molecular complexity index is 996. The lowest BCUT2D eigenvalue weighted by Crippen LogP contribution is -2.33. The Kier molecular flexibility index (Phi) is 3.85. The maximum absolute atomic E-state index is 14.1. The van der Waals surface area contributed by atoms with Crippen LogP contribution in [0.25, 0.3) is 10.9 Å². The number of benzene rings is 1. The first-order valence-electron chi connectivity index (χ1n) is 9.72. The molecule has 0 aliphatic carbocycles. The van der Waals surface area contributed by atoms with E-state index in [1.54, 1.807) is 18.5 Å². The fourth-order valence-electron chi connectivity index (χ4n) is 5.01. The first-order valence-corrected chi connectivity index (χ1v) is 9.72. The lowest BCUT2D eigenvalue weighted by Gasteiger charge is -2.32. The van der Waals surface area contributed by atoms with Gasteiger partial charge in [-0.05, 0) is 67.8 Å². The highest BCUT2D eigenvalue weighted by atomic mass is 19.1. The van der Waals surface area contributed by atoms with Gasteiger partial charge in [0, 0.05) is 48.0 Å². The summed E-state index contributed by atoms with van der Waals surface area (Å²) < 4.78 is 16.3. The van der Waals surface area contributed by atoms with Gasteiger partial charge in [-0.3, -0.25) is 9.88 Å². The molecule has 4 heterocycles. The lowest BCUT2D eigenvalue weighted by atomic mass is 9.95. The first-order chi connectivity index (χ1) is 13.0. The van der Waals surface area contributed by atoms with Gasteiger partial charge >= 0.3 is 0 Å². The second-order valence-electron chi connectivity index (χ2n) is 8.06. The summed E-state index contributed by atoms with van der Waals surface area (Å²) in [6.07, 6.45) is 6.68. The maximum atomic E-state index is 14.1. The molecule has 5 heteroatoms. The Balaban J connectivity index is 1.67. The monoisotopic (exact) mass is 365 g/mol. The molecule has 2 atom stereocenters. The topological polar surface area (TPSA) is 41.3 Å². The minimum atomic E-state index is -1.02. The summed E-state index contributed by atoms with van der Waals surface area (Å²) >= 11 is 0. The number of aliphatic hydroxyl groups is 1. The lowest BCUT2D eigenvalue weighted by molar-refractivity contribution is 0.0382. The van der Waals surface area contributed by atoms with Crippen molar-refractivity contribution in [3.8, 4) is 0 Å². The number of rotatable bonds is 3. The number of pyridine rings is 1. The van der Waals surface area contributed by atoms with E-state index >= 15 is 0 Å². The van der Waals surface area contributed by atoms with Crippen LogP contribution in [0.15, 0.2) is 42.7 Å². The highest BCUT2D eigenvalue weighted by molar-refractivity contribution is 5.86. The Labute approximate surface area is 158 Å². The number of hydrogen-bond acceptors (Lipinski definition) is 3. The third kappa shape index (κ3) is 2.68. The average Bonchev–Trinajstić information content (AvgIpc) is 3.25. The SMILES string of the molecule is CC(O)(Cn1c2c(c3cc(F)ccc31)C1CCCN1CC2)c1ccncc1. The number of aromatic nitrogens is 2. The Morgan fingerprint density at radius 2 is 2.04 bits per heavy atom. The van der Waals surface area contributed by atoms with Gasteiger partial charge in [-0.15, -0.1) is 0 Å². The molecule has 0 radical (unpaired) electrons. The van der Waals surface area contributed by atoms with Gasteiger partial charge in [0.25, 0.3) is 0 Å². The molecule has 0 spiro atoms. The van der Waals surface area contributed by atoms with Crippen molar-refractivity contribution in [2.75, 3.05) is 13.1 Å². The smallest absolute Gasteiger partial charge is 0.123 e. The largest absolute Gasteiger partial charge is 0.384 e. The molecule has 4 nitrogen and oxygen atoms in total. The van der Waals surface area contributed by atoms with E-state index in [0.29, 0.717) is 12.6 Å². The molecule has 1 N–H and O–H groups in total. The predicted molar refractivity (Wildman–Crippen MR) is 103 cm³/mol. The van der Waals surface area contributed by atoms with Crippen molar-refractivity contribution in [2.45, 2.75) is 44.4 Å². The second kappa shape index (κ2) is 6.14. The summed E-state index contributed by atoms with van der Waals surface area (Å²) in [7, 11) is 0. The number of nitrogens with zero attached hydrogens (tertiary/aromatic N) is 3. The zero-order valence-electron chi connectivity index (χ0n) is 15.5. The maximum Gasteiger partial charge on any atom is 0.123 e. The van der Waals surface area contributed by atoms with Crippen LogP contribution >= 0.6 is 0 Å². The number of halogens is 1. The van der Waals surface area contributed by atoms with Crippen LogP contribution in [0, 0.1) is 5.82 Å². The van der Waals surface area contributed by atoms with Crippen LogP contribution in [0.3, 0.4) is 0 Å². The molecular weight excluding hydrogens is 341 g/mol. The van der Waals surface area contributed by atoms with Crippen LogP contribution in [-0.4, -0.2) is 32.6 Å². The van der Waals surface area contributed by atoms with Gasteiger partial charge in [0.05, 0.1) is 6.54 Å². The van der Waals surface area contributed by atoms with E-state index in [1.165, 1.54) is 23.7 Å². The summed E-state index contributed by atoms with van der Waals surface area (Å²) in [5.41, 5.74) is 3.37. The van der Waals surface area contributed by atoms with Crippen LogP contribution in [0.5, 0.6) is 0 Å². The van der Waals surface area contributed by atoms with Gasteiger partial charge in [-0.1, -0.05) is 0 Å². The van der Waals surface area contributed by atoms with Gasteiger partial charge in [0.15, 0.2) is 0 Å². The summed E-state index contributed by atoms with van der Waals surface area (Å²) in [5.74, 6) is -0.196. The van der Waals surface area contributed by atoms with Gasteiger partial charge < -0.3 is 9.67 Å². The molecule has 1 saturated heterocycles. The molecule has 5 rings (SSSR count). The van der Waals surface area contributed by atoms with E-state index < -0.39 is 5.60 Å². The van der Waals surface area contributed by atoms with Gasteiger partial charge in [0.2, 0.25) is 0 Å². The van der Waals surface area contributed by atoms with Crippen molar-refractivity contribution < 1.29 is 9.50 Å². The Morgan fingerprint density at radius 1 is 1.22 bits per heavy atom. The first kappa shape index (κ1) is 16.9. The zero-order valence-corrected chi connectivity index (χ0v) is 15.5. The molecular formula is C22H24FN3O. The van der Waals surface area contributed by atoms with Crippen molar-refractivity contribution in [1.29, 1.82) is 0 Å². The third-order valence-electron chi connectivity index (χ3n) is 6.28. The normalized spacial score (nSPS) is 21.8. The summed E-state index contributed by atoms with van der Waals surface area (Å²) in [4.78, 5) is 6.58. The molecule has 0 amide bonds. The standard InChI is InChI=1S/C22H24FN3O/c1-22(27,15-6-9-24-10-7-15)14-26-18-5-4-16(23)13-17(18)21-19-3-2-11-25(19)12-8-20(21)26/h4-7,9-10,13,19,27H,2-3,8,11-12,14H2,1H3. The fraction of sp³-hybridized carbons (Fsp3) is 0.409. The molecule has 1 aromatic carbocycles. The van der Waals surface area contributed by atoms with E-state index in [-0.39, 0.29) is 5.82 Å². The molecule has 0 bridgehead atoms. The van der Waals surface area contributed by atoms with Crippen LogP contribution in [-0.2, 0) is 18.6 Å². The van der Waals surface area contributed by atoms with Crippen LogP contribution in [0.2, 0.25) is 0 Å². The predicted octanol–water partition coefficient (Wildman–Crippen LogP) is 3.78. The Morgan fingerprint density at radius 3 is 2.85 bits per heavy atom. The molecule has 3 aromatic rings. The van der Waals surface area contributed by atoms with Crippen LogP contribution in [0.1, 0.15) is 42.6 Å². The van der Waals surface area contributed by atoms with E-state index in [9.17, 15) is 9.50 Å². The Hall–Kier alpha value is -2.24. The highest BCUT2D eigenvalue weighted by Gasteiger charge is 2.36. The van der Waals surface area contributed by atoms with Crippen LogP contribution in [0.4, 0.5) is 4.39 Å². The molecule has 2 unspecified atom stereocenters. The second-order valence-corrected chi connectivity index (χ2v) is 8.06. The van der Waals surface area contributed by atoms with Crippen LogP contribution < -0.4 is 0 Å². The van der Waals surface area contributed by atoms with Gasteiger partial charge in [-0.2, -0.15) is 0 Å². The molecule has 2 aliphatic heterocycles. The molecule has 0 saturated carbocycles. The average molecular weight is 365 g/mol. The third-order valence-corrected chi connectivity index (χ3v) is 6.28. The van der Waals surface area contributed by atoms with Crippen molar-refractivity contribution >= 4 is 10.9 Å². The number of fused-ring (bicyclic) bond motifs is 5. The van der Waals surface area contributed by atoms with Crippen molar-refractivity contribution in [2.24, 2.45) is 0 Å². The molecule has 140 valence electrons. The highest BCUT2D eigenvalue weighted by Crippen LogP contribution is 2.43. The van der Waals surface area contributed by atoms with Gasteiger partial charge in [-0.25, -0.2) is 4.39 Å². The molecule has 2 aliphatic rings. The summed E-state index contributed by atoms with van der Waals surface area (Å²) in [6.45, 7) is 4.45. The van der Waals surface area contributed by atoms with Crippen molar-refractivity contribution in [3.63, 3.8) is 0 Å². The summed E-state index contributed by atoms with van der Waals surface area (Å²) in [6, 6.07) is 9.16. The van der Waals surface area contributed by atoms with E-state index in [1.807, 2.05) is 25.1 Å². The molecule has 1 fully saturated rings. The zero-order chi connectivity index (χ0) is 18.6. The molecule has 2 aromatic heterocycles. The molecule has 27 heavy (non-hydrogen) atoms. The van der Waals surface area contributed by atoms with Crippen molar-refractivity contribution in [1.82, 2.24) is 14.5 Å². The number of hydrogen-bond donors (Lipinski definition) is 1. The summed E-state index contributed by atoms with van der Waals surface area (Å²) in [5, 5.41) is 12.2. The van der Waals surface area contributed by atoms with Crippen molar-refractivity contribution in [3.05, 3.63) is 65.4 Å². The van der Waals surface area contributed by atoms with E-state index in [2.05, 4.69) is 14.5 Å². The minimum Gasteiger partial charge on any atom is -0.384 e. The fourth-order valence-corrected chi connectivity index (χ4v) is 5.01. The minimum absolute atomic E-state index is 0.196. The van der Waals surface area contributed by atoms with E-state index in [4.69, 9.17) is 0 Å².